The summed E-state index contributed by atoms with van der Waals surface area (Å²) in [6.07, 6.45) is 2.57. The van der Waals surface area contributed by atoms with Crippen molar-refractivity contribution < 1.29 is 14.3 Å². The van der Waals surface area contributed by atoms with Crippen molar-refractivity contribution in [1.82, 2.24) is 14.7 Å². The number of imidazole rings is 1. The summed E-state index contributed by atoms with van der Waals surface area (Å²) < 4.78 is 6.69. The van der Waals surface area contributed by atoms with Crippen molar-refractivity contribution >= 4 is 17.5 Å². The van der Waals surface area contributed by atoms with Crippen LogP contribution in [0.1, 0.15) is 35.9 Å². The van der Waals surface area contributed by atoms with Crippen molar-refractivity contribution in [1.29, 1.82) is 0 Å². The Bertz CT molecular complexity index is 649. The fourth-order valence-corrected chi connectivity index (χ4v) is 2.02. The first kappa shape index (κ1) is 15.0. The molecular weight excluding hydrogens is 270 g/mol. The van der Waals surface area contributed by atoms with Crippen LogP contribution in [0, 0.1) is 6.92 Å². The molecule has 0 aliphatic carbocycles. The fraction of sp³-hybridized carbons (Fsp3) is 0.400. The summed E-state index contributed by atoms with van der Waals surface area (Å²) in [5.74, 6) is -0.475. The number of hydrogen-bond donors (Lipinski definition) is 1. The van der Waals surface area contributed by atoms with E-state index in [9.17, 15) is 9.59 Å². The largest absolute Gasteiger partial charge is 0.466 e. The van der Waals surface area contributed by atoms with Crippen LogP contribution in [-0.4, -0.2) is 34.4 Å². The summed E-state index contributed by atoms with van der Waals surface area (Å²) in [4.78, 5) is 27.4. The molecule has 1 N–H and O–H groups in total. The summed E-state index contributed by atoms with van der Waals surface area (Å²) in [5.41, 5.74) is 2.13. The topological polar surface area (TPSA) is 72.7 Å². The zero-order valence-corrected chi connectivity index (χ0v) is 12.3. The number of fused-ring (bicyclic) bond motifs is 1. The Morgan fingerprint density at radius 1 is 1.38 bits per heavy atom. The standard InChI is InChI=1S/C15H19N3O3/c1-3-21-14(19)8-5-9-16-15(20)12-10-18-11(2)6-4-7-13(18)17-12/h4,6-7,10H,3,5,8-9H2,1-2H3,(H,16,20). The summed E-state index contributed by atoms with van der Waals surface area (Å²) in [7, 11) is 0. The van der Waals surface area contributed by atoms with Gasteiger partial charge >= 0.3 is 5.97 Å². The van der Waals surface area contributed by atoms with E-state index in [1.165, 1.54) is 0 Å². The van der Waals surface area contributed by atoms with Crippen LogP contribution in [0.3, 0.4) is 0 Å². The number of pyridine rings is 1. The molecule has 0 bridgehead atoms. The van der Waals surface area contributed by atoms with E-state index in [0.29, 0.717) is 31.7 Å². The number of aromatic nitrogens is 2. The van der Waals surface area contributed by atoms with E-state index in [2.05, 4.69) is 10.3 Å². The molecule has 0 fully saturated rings. The van der Waals surface area contributed by atoms with Gasteiger partial charge in [-0.05, 0) is 32.4 Å². The molecule has 1 amide bonds. The monoisotopic (exact) mass is 289 g/mol. The van der Waals surface area contributed by atoms with Crippen LogP contribution in [0.5, 0.6) is 0 Å². The average molecular weight is 289 g/mol. The molecule has 0 saturated heterocycles. The Hall–Kier alpha value is -2.37. The Labute approximate surface area is 123 Å². The summed E-state index contributed by atoms with van der Waals surface area (Å²) in [5, 5.41) is 2.75. The molecule has 2 aromatic rings. The third-order valence-electron chi connectivity index (χ3n) is 3.08. The molecule has 0 aliphatic rings. The van der Waals surface area contributed by atoms with Crippen LogP contribution in [-0.2, 0) is 9.53 Å². The van der Waals surface area contributed by atoms with E-state index >= 15 is 0 Å². The van der Waals surface area contributed by atoms with Gasteiger partial charge in [-0.3, -0.25) is 9.59 Å². The van der Waals surface area contributed by atoms with E-state index < -0.39 is 0 Å². The predicted molar refractivity (Wildman–Crippen MR) is 78.1 cm³/mol. The van der Waals surface area contributed by atoms with Crippen molar-refractivity contribution in [2.24, 2.45) is 0 Å². The van der Waals surface area contributed by atoms with Crippen molar-refractivity contribution in [2.45, 2.75) is 26.7 Å². The van der Waals surface area contributed by atoms with E-state index in [4.69, 9.17) is 4.74 Å². The Morgan fingerprint density at radius 3 is 2.90 bits per heavy atom. The van der Waals surface area contributed by atoms with Gasteiger partial charge in [0, 0.05) is 24.9 Å². The van der Waals surface area contributed by atoms with Gasteiger partial charge in [0.15, 0.2) is 0 Å². The Morgan fingerprint density at radius 2 is 2.19 bits per heavy atom. The molecule has 2 aromatic heterocycles. The molecule has 0 spiro atoms. The first-order chi connectivity index (χ1) is 10.1. The SMILES string of the molecule is CCOC(=O)CCCNC(=O)c1cn2c(C)cccc2n1. The van der Waals surface area contributed by atoms with Crippen LogP contribution in [0.25, 0.3) is 5.65 Å². The van der Waals surface area contributed by atoms with Crippen LogP contribution < -0.4 is 5.32 Å². The lowest BCUT2D eigenvalue weighted by Crippen LogP contribution is -2.25. The van der Waals surface area contributed by atoms with Gasteiger partial charge in [0.2, 0.25) is 0 Å². The molecule has 0 aromatic carbocycles. The number of carbonyl (C=O) groups is 2. The van der Waals surface area contributed by atoms with E-state index in [-0.39, 0.29) is 11.9 Å². The number of nitrogens with one attached hydrogen (secondary N) is 1. The van der Waals surface area contributed by atoms with Gasteiger partial charge in [-0.25, -0.2) is 4.98 Å². The lowest BCUT2D eigenvalue weighted by molar-refractivity contribution is -0.143. The van der Waals surface area contributed by atoms with Gasteiger partial charge < -0.3 is 14.5 Å². The van der Waals surface area contributed by atoms with Crippen LogP contribution in [0.2, 0.25) is 0 Å². The zero-order chi connectivity index (χ0) is 15.2. The minimum Gasteiger partial charge on any atom is -0.466 e. The highest BCUT2D eigenvalue weighted by Gasteiger charge is 2.11. The normalized spacial score (nSPS) is 10.6. The van der Waals surface area contributed by atoms with E-state index in [1.54, 1.807) is 13.1 Å². The molecule has 21 heavy (non-hydrogen) atoms. The first-order valence-electron chi connectivity index (χ1n) is 7.00. The maximum Gasteiger partial charge on any atom is 0.305 e. The molecule has 2 heterocycles. The molecule has 0 radical (unpaired) electrons. The highest BCUT2D eigenvalue weighted by atomic mass is 16.5. The summed E-state index contributed by atoms with van der Waals surface area (Å²) >= 11 is 0. The second-order valence-corrected chi connectivity index (χ2v) is 4.69. The summed E-state index contributed by atoms with van der Waals surface area (Å²) in [6.45, 7) is 4.52. The maximum atomic E-state index is 12.0. The molecule has 6 heteroatoms. The van der Waals surface area contributed by atoms with E-state index in [1.807, 2.05) is 29.5 Å². The van der Waals surface area contributed by atoms with Crippen molar-refractivity contribution in [3.63, 3.8) is 0 Å². The van der Waals surface area contributed by atoms with Gasteiger partial charge in [0.05, 0.1) is 6.61 Å². The van der Waals surface area contributed by atoms with Crippen LogP contribution in [0.4, 0.5) is 0 Å². The fourth-order valence-electron chi connectivity index (χ4n) is 2.02. The minimum atomic E-state index is -0.241. The van der Waals surface area contributed by atoms with Crippen molar-refractivity contribution in [3.8, 4) is 0 Å². The molecule has 0 aliphatic heterocycles. The second-order valence-electron chi connectivity index (χ2n) is 4.69. The molecule has 0 atom stereocenters. The number of rotatable bonds is 6. The number of amides is 1. The summed E-state index contributed by atoms with van der Waals surface area (Å²) in [6, 6.07) is 5.71. The molecule has 112 valence electrons. The minimum absolute atomic E-state index is 0.234. The quantitative estimate of drug-likeness (QED) is 0.649. The highest BCUT2D eigenvalue weighted by Crippen LogP contribution is 2.08. The lowest BCUT2D eigenvalue weighted by Gasteiger charge is -2.03. The van der Waals surface area contributed by atoms with E-state index in [0.717, 1.165) is 11.3 Å². The average Bonchev–Trinajstić information content (AvgIpc) is 2.89. The molecule has 0 unspecified atom stereocenters. The maximum absolute atomic E-state index is 12.0. The van der Waals surface area contributed by atoms with Crippen LogP contribution in [0.15, 0.2) is 24.4 Å². The molecule has 0 saturated carbocycles. The smallest absolute Gasteiger partial charge is 0.305 e. The zero-order valence-electron chi connectivity index (χ0n) is 12.3. The number of hydrogen-bond acceptors (Lipinski definition) is 4. The Balaban J connectivity index is 1.88. The van der Waals surface area contributed by atoms with Crippen molar-refractivity contribution in [3.05, 3.63) is 35.8 Å². The Kier molecular flexibility index (Phi) is 4.92. The lowest BCUT2D eigenvalue weighted by atomic mass is 10.3. The third-order valence-corrected chi connectivity index (χ3v) is 3.08. The number of nitrogens with zero attached hydrogens (tertiary/aromatic N) is 2. The number of ether oxygens (including phenoxy) is 1. The van der Waals surface area contributed by atoms with Crippen LogP contribution >= 0.6 is 0 Å². The molecule has 2 rings (SSSR count). The predicted octanol–water partition coefficient (Wildman–Crippen LogP) is 1.72. The van der Waals surface area contributed by atoms with Gasteiger partial charge in [0.25, 0.3) is 5.91 Å². The highest BCUT2D eigenvalue weighted by molar-refractivity contribution is 5.92. The molecular formula is C15H19N3O3. The molecule has 6 nitrogen and oxygen atoms in total. The van der Waals surface area contributed by atoms with Gasteiger partial charge in [-0.2, -0.15) is 0 Å². The number of aryl methyl sites for hydroxylation is 1. The first-order valence-corrected chi connectivity index (χ1v) is 7.00. The van der Waals surface area contributed by atoms with Gasteiger partial charge in [-0.15, -0.1) is 0 Å². The second kappa shape index (κ2) is 6.88. The van der Waals surface area contributed by atoms with Gasteiger partial charge in [0.1, 0.15) is 11.3 Å². The third kappa shape index (κ3) is 3.81. The van der Waals surface area contributed by atoms with Crippen molar-refractivity contribution in [2.75, 3.05) is 13.2 Å². The number of carbonyl (C=O) groups excluding carboxylic acids is 2. The van der Waals surface area contributed by atoms with Gasteiger partial charge in [-0.1, -0.05) is 6.07 Å². The number of esters is 1.